The maximum absolute atomic E-state index is 13.7. The van der Waals surface area contributed by atoms with Crippen LogP contribution in [-0.2, 0) is 6.42 Å². The van der Waals surface area contributed by atoms with Crippen LogP contribution in [0, 0.1) is 5.82 Å². The normalized spacial score (nSPS) is 12.7. The lowest BCUT2D eigenvalue weighted by molar-refractivity contribution is 0.593. The molecular weight excluding hydrogens is 317 g/mol. The van der Waals surface area contributed by atoms with Gasteiger partial charge in [0.25, 0.3) is 0 Å². The zero-order valence-electron chi connectivity index (χ0n) is 11.7. The highest BCUT2D eigenvalue weighted by Crippen LogP contribution is 2.23. The summed E-state index contributed by atoms with van der Waals surface area (Å²) in [4.78, 5) is 0. The minimum absolute atomic E-state index is 0.194. The Balaban J connectivity index is 2.15. The molecule has 0 aliphatic heterocycles. The van der Waals surface area contributed by atoms with Crippen LogP contribution in [0.25, 0.3) is 0 Å². The molecular formula is C17H19BrFN. The van der Waals surface area contributed by atoms with Crippen LogP contribution in [0.5, 0.6) is 0 Å². The van der Waals surface area contributed by atoms with Crippen molar-refractivity contribution in [2.24, 2.45) is 5.73 Å². The van der Waals surface area contributed by atoms with Gasteiger partial charge in [0.1, 0.15) is 5.82 Å². The Kier molecular flexibility index (Phi) is 4.95. The molecule has 0 aliphatic carbocycles. The highest BCUT2D eigenvalue weighted by atomic mass is 79.9. The summed E-state index contributed by atoms with van der Waals surface area (Å²) >= 11 is 3.36. The van der Waals surface area contributed by atoms with Crippen molar-refractivity contribution in [2.45, 2.75) is 32.2 Å². The molecule has 0 saturated heterocycles. The van der Waals surface area contributed by atoms with E-state index in [-0.39, 0.29) is 11.9 Å². The Hall–Kier alpha value is -1.19. The number of halogens is 2. The lowest BCUT2D eigenvalue weighted by Crippen LogP contribution is -2.14. The second kappa shape index (κ2) is 6.51. The van der Waals surface area contributed by atoms with Gasteiger partial charge in [-0.15, -0.1) is 0 Å². The fourth-order valence-corrected chi connectivity index (χ4v) is 2.59. The van der Waals surface area contributed by atoms with Crippen LogP contribution in [0.2, 0.25) is 0 Å². The monoisotopic (exact) mass is 335 g/mol. The van der Waals surface area contributed by atoms with Gasteiger partial charge >= 0.3 is 0 Å². The fourth-order valence-electron chi connectivity index (χ4n) is 2.18. The molecule has 0 spiro atoms. The molecule has 106 valence electrons. The molecule has 1 atom stereocenters. The van der Waals surface area contributed by atoms with Crippen molar-refractivity contribution in [3.05, 3.63) is 69.4 Å². The van der Waals surface area contributed by atoms with Gasteiger partial charge in [-0.2, -0.15) is 0 Å². The molecule has 3 heteroatoms. The summed E-state index contributed by atoms with van der Waals surface area (Å²) < 4.78 is 14.6. The first-order valence-electron chi connectivity index (χ1n) is 6.76. The van der Waals surface area contributed by atoms with E-state index in [1.807, 2.05) is 12.1 Å². The van der Waals surface area contributed by atoms with Crippen LogP contribution in [-0.4, -0.2) is 0 Å². The fraction of sp³-hybridized carbons (Fsp3) is 0.294. The number of hydrogen-bond acceptors (Lipinski definition) is 1. The quantitative estimate of drug-likeness (QED) is 0.840. The van der Waals surface area contributed by atoms with Crippen molar-refractivity contribution in [1.29, 1.82) is 0 Å². The van der Waals surface area contributed by atoms with E-state index in [2.05, 4.69) is 41.9 Å². The summed E-state index contributed by atoms with van der Waals surface area (Å²) in [7, 11) is 0. The van der Waals surface area contributed by atoms with Gasteiger partial charge in [-0.05, 0) is 47.2 Å². The first kappa shape index (κ1) is 15.2. The molecule has 2 aromatic rings. The predicted octanol–water partition coefficient (Wildman–Crippen LogP) is 4.95. The zero-order valence-corrected chi connectivity index (χ0v) is 13.3. The van der Waals surface area contributed by atoms with E-state index in [4.69, 9.17) is 5.73 Å². The molecule has 0 saturated carbocycles. The van der Waals surface area contributed by atoms with Gasteiger partial charge in [-0.1, -0.05) is 54.0 Å². The second-order valence-electron chi connectivity index (χ2n) is 5.37. The Morgan fingerprint density at radius 1 is 1.05 bits per heavy atom. The first-order chi connectivity index (χ1) is 9.47. The van der Waals surface area contributed by atoms with Crippen molar-refractivity contribution in [3.63, 3.8) is 0 Å². The van der Waals surface area contributed by atoms with E-state index in [9.17, 15) is 4.39 Å². The van der Waals surface area contributed by atoms with E-state index in [1.54, 1.807) is 12.1 Å². The summed E-state index contributed by atoms with van der Waals surface area (Å²) in [6, 6.07) is 13.0. The standard InChI is InChI=1S/C17H19BrFN/c1-11(2)12-3-5-13(6-4-12)17(20)10-14-9-15(18)7-8-16(14)19/h3-9,11,17H,10,20H2,1-2H3. The Labute approximate surface area is 128 Å². The van der Waals surface area contributed by atoms with Crippen LogP contribution < -0.4 is 5.73 Å². The zero-order chi connectivity index (χ0) is 14.7. The average Bonchev–Trinajstić information content (AvgIpc) is 2.43. The first-order valence-corrected chi connectivity index (χ1v) is 7.56. The molecule has 2 N–H and O–H groups in total. The van der Waals surface area contributed by atoms with Crippen molar-refractivity contribution in [2.75, 3.05) is 0 Å². The molecule has 0 amide bonds. The third-order valence-corrected chi connectivity index (χ3v) is 3.97. The molecule has 1 unspecified atom stereocenters. The van der Waals surface area contributed by atoms with Crippen molar-refractivity contribution >= 4 is 15.9 Å². The van der Waals surface area contributed by atoms with Crippen molar-refractivity contribution in [1.82, 2.24) is 0 Å². The Bertz CT molecular complexity index is 578. The lowest BCUT2D eigenvalue weighted by atomic mass is 9.96. The third kappa shape index (κ3) is 3.68. The number of nitrogens with two attached hydrogens (primary N) is 1. The molecule has 0 heterocycles. The average molecular weight is 336 g/mol. The van der Waals surface area contributed by atoms with Crippen LogP contribution in [0.3, 0.4) is 0 Å². The highest BCUT2D eigenvalue weighted by Gasteiger charge is 2.11. The Morgan fingerprint density at radius 3 is 2.25 bits per heavy atom. The summed E-state index contributed by atoms with van der Waals surface area (Å²) in [6.45, 7) is 4.32. The predicted molar refractivity (Wildman–Crippen MR) is 85.3 cm³/mol. The van der Waals surface area contributed by atoms with E-state index in [1.165, 1.54) is 11.6 Å². The molecule has 0 aromatic heterocycles. The van der Waals surface area contributed by atoms with Gasteiger partial charge in [-0.3, -0.25) is 0 Å². The van der Waals surface area contributed by atoms with E-state index < -0.39 is 0 Å². The summed E-state index contributed by atoms with van der Waals surface area (Å²) in [6.07, 6.45) is 0.492. The van der Waals surface area contributed by atoms with Gasteiger partial charge in [0.2, 0.25) is 0 Å². The molecule has 0 bridgehead atoms. The van der Waals surface area contributed by atoms with Crippen molar-refractivity contribution in [3.8, 4) is 0 Å². The second-order valence-corrected chi connectivity index (χ2v) is 6.28. The maximum atomic E-state index is 13.7. The van der Waals surface area contributed by atoms with Gasteiger partial charge in [0, 0.05) is 10.5 Å². The topological polar surface area (TPSA) is 26.0 Å². The van der Waals surface area contributed by atoms with Crippen LogP contribution in [0.15, 0.2) is 46.9 Å². The minimum atomic E-state index is -0.206. The number of rotatable bonds is 4. The summed E-state index contributed by atoms with van der Waals surface area (Å²) in [5.41, 5.74) is 9.15. The largest absolute Gasteiger partial charge is 0.324 e. The van der Waals surface area contributed by atoms with Crippen LogP contribution in [0.4, 0.5) is 4.39 Å². The third-order valence-electron chi connectivity index (χ3n) is 3.48. The van der Waals surface area contributed by atoms with Gasteiger partial charge in [-0.25, -0.2) is 4.39 Å². The van der Waals surface area contributed by atoms with Gasteiger partial charge < -0.3 is 5.73 Å². The van der Waals surface area contributed by atoms with Crippen molar-refractivity contribution < 1.29 is 4.39 Å². The lowest BCUT2D eigenvalue weighted by Gasteiger charge is -2.14. The molecule has 2 aromatic carbocycles. The van der Waals surface area contributed by atoms with Crippen LogP contribution >= 0.6 is 15.9 Å². The maximum Gasteiger partial charge on any atom is 0.126 e. The molecule has 0 radical (unpaired) electrons. The van der Waals surface area contributed by atoms with E-state index >= 15 is 0 Å². The van der Waals surface area contributed by atoms with Gasteiger partial charge in [0.15, 0.2) is 0 Å². The number of benzene rings is 2. The SMILES string of the molecule is CC(C)c1ccc(C(N)Cc2cc(Br)ccc2F)cc1. The smallest absolute Gasteiger partial charge is 0.126 e. The molecule has 0 fully saturated rings. The van der Waals surface area contributed by atoms with E-state index in [0.717, 1.165) is 10.0 Å². The van der Waals surface area contributed by atoms with Gasteiger partial charge in [0.05, 0.1) is 0 Å². The summed E-state index contributed by atoms with van der Waals surface area (Å²) in [5, 5.41) is 0. The molecule has 0 aliphatic rings. The molecule has 1 nitrogen and oxygen atoms in total. The molecule has 2 rings (SSSR count). The number of hydrogen-bond donors (Lipinski definition) is 1. The minimum Gasteiger partial charge on any atom is -0.324 e. The van der Waals surface area contributed by atoms with Crippen LogP contribution in [0.1, 0.15) is 42.5 Å². The summed E-state index contributed by atoms with van der Waals surface area (Å²) in [5.74, 6) is 0.297. The Morgan fingerprint density at radius 2 is 1.65 bits per heavy atom. The highest BCUT2D eigenvalue weighted by molar-refractivity contribution is 9.10. The van der Waals surface area contributed by atoms with E-state index in [0.29, 0.717) is 17.9 Å². The molecule has 20 heavy (non-hydrogen) atoms.